The van der Waals surface area contributed by atoms with E-state index in [0.717, 1.165) is 11.8 Å². The number of fused-ring (bicyclic) bond motifs is 2. The van der Waals surface area contributed by atoms with Gasteiger partial charge in [0.2, 0.25) is 0 Å². The van der Waals surface area contributed by atoms with Crippen LogP contribution in [0.5, 0.6) is 5.75 Å². The van der Waals surface area contributed by atoms with Crippen molar-refractivity contribution in [2.45, 2.75) is 25.7 Å². The van der Waals surface area contributed by atoms with E-state index in [0.29, 0.717) is 18.1 Å². The molecule has 3 rings (SSSR count). The van der Waals surface area contributed by atoms with Gasteiger partial charge < -0.3 is 9.84 Å². The van der Waals surface area contributed by atoms with Gasteiger partial charge in [0.1, 0.15) is 6.61 Å². The van der Waals surface area contributed by atoms with Crippen LogP contribution in [0.4, 0.5) is 4.39 Å². The number of hydrogen-bond donors (Lipinski definition) is 1. The molecule has 0 saturated heterocycles. The molecular formula is C17H19FO2. The molecule has 0 aliphatic heterocycles. The van der Waals surface area contributed by atoms with Crippen molar-refractivity contribution in [3.8, 4) is 17.6 Å². The molecule has 106 valence electrons. The highest BCUT2D eigenvalue weighted by atomic mass is 19.1. The number of halogens is 1. The second-order valence-electron chi connectivity index (χ2n) is 5.85. The predicted octanol–water partition coefficient (Wildman–Crippen LogP) is 2.98. The zero-order chi connectivity index (χ0) is 13.9. The molecule has 1 aromatic carbocycles. The highest BCUT2D eigenvalue weighted by Crippen LogP contribution is 2.48. The molecule has 2 bridgehead atoms. The lowest BCUT2D eigenvalue weighted by molar-refractivity contribution is 0.189. The molecule has 0 heterocycles. The van der Waals surface area contributed by atoms with Crippen molar-refractivity contribution in [1.82, 2.24) is 0 Å². The summed E-state index contributed by atoms with van der Waals surface area (Å²) in [7, 11) is 0. The third-order valence-electron chi connectivity index (χ3n) is 4.58. The van der Waals surface area contributed by atoms with Gasteiger partial charge in [-0.2, -0.15) is 0 Å². The second-order valence-corrected chi connectivity index (χ2v) is 5.85. The van der Waals surface area contributed by atoms with Crippen LogP contribution in [-0.2, 0) is 0 Å². The molecular weight excluding hydrogens is 255 g/mol. The maximum atomic E-state index is 13.7. The first kappa shape index (κ1) is 13.5. The van der Waals surface area contributed by atoms with Crippen LogP contribution in [-0.4, -0.2) is 18.3 Å². The molecule has 1 aromatic rings. The first-order chi connectivity index (χ1) is 9.76. The van der Waals surface area contributed by atoms with Crippen LogP contribution in [0.1, 0.15) is 31.2 Å². The van der Waals surface area contributed by atoms with Crippen molar-refractivity contribution in [2.75, 3.05) is 13.2 Å². The van der Waals surface area contributed by atoms with Crippen LogP contribution < -0.4 is 4.74 Å². The van der Waals surface area contributed by atoms with E-state index in [1.54, 1.807) is 12.1 Å². The zero-order valence-corrected chi connectivity index (χ0v) is 11.4. The lowest BCUT2D eigenvalue weighted by Crippen LogP contribution is -2.18. The molecule has 0 radical (unpaired) electrons. The minimum atomic E-state index is -0.345. The van der Waals surface area contributed by atoms with Crippen molar-refractivity contribution in [3.05, 3.63) is 29.6 Å². The lowest BCUT2D eigenvalue weighted by atomic mass is 9.89. The van der Waals surface area contributed by atoms with Crippen LogP contribution in [0, 0.1) is 35.4 Å². The molecule has 2 saturated carbocycles. The first-order valence-electron chi connectivity index (χ1n) is 7.28. The molecule has 2 nitrogen and oxygen atoms in total. The molecule has 2 fully saturated rings. The van der Waals surface area contributed by atoms with E-state index < -0.39 is 0 Å². The average Bonchev–Trinajstić information content (AvgIpc) is 3.07. The summed E-state index contributed by atoms with van der Waals surface area (Å²) in [5, 5.41) is 8.68. The normalized spacial score (nSPS) is 27.2. The Labute approximate surface area is 119 Å². The van der Waals surface area contributed by atoms with Gasteiger partial charge in [-0.25, -0.2) is 4.39 Å². The van der Waals surface area contributed by atoms with E-state index in [-0.39, 0.29) is 18.2 Å². The van der Waals surface area contributed by atoms with E-state index in [1.807, 2.05) is 0 Å². The Morgan fingerprint density at radius 1 is 1.30 bits per heavy atom. The van der Waals surface area contributed by atoms with E-state index in [4.69, 9.17) is 9.84 Å². The second kappa shape index (κ2) is 5.85. The summed E-state index contributed by atoms with van der Waals surface area (Å²) in [6.07, 6.45) is 5.24. The fourth-order valence-electron chi connectivity index (χ4n) is 3.61. The number of benzene rings is 1. The SMILES string of the molecule is OCC#Cc1ccc(F)c(OCC2CC3CCC2C3)c1. The third kappa shape index (κ3) is 2.81. The topological polar surface area (TPSA) is 29.5 Å². The zero-order valence-electron chi connectivity index (χ0n) is 11.4. The third-order valence-corrected chi connectivity index (χ3v) is 4.58. The summed E-state index contributed by atoms with van der Waals surface area (Å²) < 4.78 is 19.4. The molecule has 1 N–H and O–H groups in total. The highest BCUT2D eigenvalue weighted by molar-refractivity contribution is 5.40. The number of ether oxygens (including phenoxy) is 1. The van der Waals surface area contributed by atoms with Gasteiger partial charge in [-0.05, 0) is 55.2 Å². The first-order valence-corrected chi connectivity index (χ1v) is 7.28. The smallest absolute Gasteiger partial charge is 0.165 e. The average molecular weight is 274 g/mol. The van der Waals surface area contributed by atoms with Crippen LogP contribution in [0.2, 0.25) is 0 Å². The summed E-state index contributed by atoms with van der Waals surface area (Å²) in [4.78, 5) is 0. The molecule has 2 aliphatic carbocycles. The number of hydrogen-bond acceptors (Lipinski definition) is 2. The van der Waals surface area contributed by atoms with Gasteiger partial charge in [0.25, 0.3) is 0 Å². The van der Waals surface area contributed by atoms with Crippen molar-refractivity contribution in [3.63, 3.8) is 0 Å². The predicted molar refractivity (Wildman–Crippen MR) is 74.8 cm³/mol. The van der Waals surface area contributed by atoms with Crippen molar-refractivity contribution < 1.29 is 14.2 Å². The van der Waals surface area contributed by atoms with Gasteiger partial charge in [-0.3, -0.25) is 0 Å². The Morgan fingerprint density at radius 3 is 2.90 bits per heavy atom. The maximum Gasteiger partial charge on any atom is 0.165 e. The Hall–Kier alpha value is -1.53. The fourth-order valence-corrected chi connectivity index (χ4v) is 3.61. The molecule has 3 atom stereocenters. The molecule has 0 aromatic heterocycles. The maximum absolute atomic E-state index is 13.7. The summed E-state index contributed by atoms with van der Waals surface area (Å²) in [6.45, 7) is 0.410. The Morgan fingerprint density at radius 2 is 2.20 bits per heavy atom. The van der Waals surface area contributed by atoms with Gasteiger partial charge in [0, 0.05) is 5.56 Å². The fraction of sp³-hybridized carbons (Fsp3) is 0.529. The quantitative estimate of drug-likeness (QED) is 0.859. The number of aliphatic hydroxyl groups is 1. The van der Waals surface area contributed by atoms with Gasteiger partial charge in [-0.15, -0.1) is 0 Å². The number of aliphatic hydroxyl groups excluding tert-OH is 1. The molecule has 3 unspecified atom stereocenters. The Bertz CT molecular complexity index is 544. The van der Waals surface area contributed by atoms with Gasteiger partial charge in [0.15, 0.2) is 11.6 Å². The highest BCUT2D eigenvalue weighted by Gasteiger charge is 2.39. The lowest BCUT2D eigenvalue weighted by Gasteiger charge is -2.21. The summed E-state index contributed by atoms with van der Waals surface area (Å²) in [6, 6.07) is 4.59. The minimum Gasteiger partial charge on any atom is -0.490 e. The van der Waals surface area contributed by atoms with Crippen LogP contribution in [0.25, 0.3) is 0 Å². The van der Waals surface area contributed by atoms with E-state index >= 15 is 0 Å². The molecule has 2 aliphatic rings. The summed E-state index contributed by atoms with van der Waals surface area (Å²) >= 11 is 0. The molecule has 20 heavy (non-hydrogen) atoms. The Balaban J connectivity index is 1.64. The summed E-state index contributed by atoms with van der Waals surface area (Å²) in [5.74, 6) is 7.50. The Kier molecular flexibility index (Phi) is 3.93. The number of rotatable bonds is 3. The van der Waals surface area contributed by atoms with Crippen LogP contribution >= 0.6 is 0 Å². The van der Waals surface area contributed by atoms with E-state index in [1.165, 1.54) is 31.7 Å². The van der Waals surface area contributed by atoms with Gasteiger partial charge in [0.05, 0.1) is 6.61 Å². The van der Waals surface area contributed by atoms with Crippen molar-refractivity contribution in [2.24, 2.45) is 17.8 Å². The monoisotopic (exact) mass is 274 g/mol. The standard InChI is InChI=1S/C17H19FO2/c18-16-6-4-12(2-1-7-19)10-17(16)20-11-15-9-13-3-5-14(15)8-13/h4,6,10,13-15,19H,3,5,7-9,11H2. The van der Waals surface area contributed by atoms with Crippen molar-refractivity contribution in [1.29, 1.82) is 0 Å². The van der Waals surface area contributed by atoms with Crippen LogP contribution in [0.3, 0.4) is 0 Å². The largest absolute Gasteiger partial charge is 0.490 e. The molecule has 3 heteroatoms. The molecule has 0 amide bonds. The van der Waals surface area contributed by atoms with E-state index in [9.17, 15) is 4.39 Å². The summed E-state index contributed by atoms with van der Waals surface area (Å²) in [5.41, 5.74) is 0.670. The minimum absolute atomic E-state index is 0.196. The van der Waals surface area contributed by atoms with Gasteiger partial charge >= 0.3 is 0 Å². The molecule has 0 spiro atoms. The van der Waals surface area contributed by atoms with Crippen molar-refractivity contribution >= 4 is 0 Å². The van der Waals surface area contributed by atoms with Gasteiger partial charge in [-0.1, -0.05) is 18.3 Å². The van der Waals surface area contributed by atoms with E-state index in [2.05, 4.69) is 11.8 Å². The van der Waals surface area contributed by atoms with Crippen LogP contribution in [0.15, 0.2) is 18.2 Å².